The summed E-state index contributed by atoms with van der Waals surface area (Å²) in [4.78, 5) is 25.5. The standard InChI is InChI=1S/C25H29ClF3N7O2/c1-13-8-17(6-7-38-13)32-23-31-12-20-22(35-23)36(19-4-2-14(3-5-19)21(30)37)24(34-20)33-18-10-15(25(27,28)29)9-16(26)11-18/h9-14,17,19H,2-8H2,1H3,(H2,30,37)(H,33,34)(H,31,32,35)/t13-,14?,17-,19?/m0/s1. The Balaban J connectivity index is 1.51. The van der Waals surface area contributed by atoms with Crippen LogP contribution in [-0.4, -0.2) is 44.2 Å². The molecule has 4 N–H and O–H groups in total. The average Bonchev–Trinajstić information content (AvgIpc) is 3.20. The van der Waals surface area contributed by atoms with Gasteiger partial charge in [-0.3, -0.25) is 9.36 Å². The molecular formula is C25H29ClF3N7O2. The van der Waals surface area contributed by atoms with E-state index < -0.39 is 11.7 Å². The second-order valence-corrected chi connectivity index (χ2v) is 10.5. The summed E-state index contributed by atoms with van der Waals surface area (Å²) in [5, 5.41) is 6.35. The van der Waals surface area contributed by atoms with E-state index >= 15 is 0 Å². The molecule has 1 amide bonds. The number of nitrogens with zero attached hydrogens (tertiary/aromatic N) is 4. The van der Waals surface area contributed by atoms with Crippen LogP contribution in [0, 0.1) is 5.92 Å². The molecule has 0 radical (unpaired) electrons. The van der Waals surface area contributed by atoms with Crippen LogP contribution in [0.3, 0.4) is 0 Å². The number of halogens is 4. The molecule has 0 spiro atoms. The van der Waals surface area contributed by atoms with Crippen molar-refractivity contribution in [2.45, 2.75) is 69.8 Å². The Labute approximate surface area is 222 Å². The van der Waals surface area contributed by atoms with Gasteiger partial charge in [-0.15, -0.1) is 0 Å². The number of nitrogens with two attached hydrogens (primary N) is 1. The van der Waals surface area contributed by atoms with E-state index in [0.717, 1.165) is 25.0 Å². The number of rotatable bonds is 6. The van der Waals surface area contributed by atoms with Crippen LogP contribution in [0.1, 0.15) is 57.1 Å². The molecule has 1 aromatic carbocycles. The lowest BCUT2D eigenvalue weighted by Crippen LogP contribution is -2.33. The first kappa shape index (κ1) is 26.5. The third-order valence-electron chi connectivity index (χ3n) is 7.20. The van der Waals surface area contributed by atoms with Gasteiger partial charge in [0.1, 0.15) is 5.52 Å². The number of ether oxygens (including phenoxy) is 1. The number of anilines is 3. The molecule has 1 saturated heterocycles. The predicted molar refractivity (Wildman–Crippen MR) is 137 cm³/mol. The van der Waals surface area contributed by atoms with Crippen molar-refractivity contribution in [1.29, 1.82) is 0 Å². The monoisotopic (exact) mass is 551 g/mol. The fourth-order valence-corrected chi connectivity index (χ4v) is 5.51. The minimum atomic E-state index is -4.55. The zero-order valence-corrected chi connectivity index (χ0v) is 21.5. The number of hydrogen-bond acceptors (Lipinski definition) is 7. The number of primary amides is 1. The van der Waals surface area contributed by atoms with Crippen molar-refractivity contribution in [2.75, 3.05) is 17.2 Å². The lowest BCUT2D eigenvalue weighted by Gasteiger charge is -2.29. The van der Waals surface area contributed by atoms with Gasteiger partial charge in [-0.25, -0.2) is 9.97 Å². The highest BCUT2D eigenvalue weighted by Crippen LogP contribution is 2.38. The molecule has 1 aliphatic carbocycles. The largest absolute Gasteiger partial charge is 0.416 e. The maximum Gasteiger partial charge on any atom is 0.416 e. The fourth-order valence-electron chi connectivity index (χ4n) is 5.28. The van der Waals surface area contributed by atoms with Crippen LogP contribution in [0.2, 0.25) is 5.02 Å². The van der Waals surface area contributed by atoms with Gasteiger partial charge >= 0.3 is 6.18 Å². The molecule has 3 aromatic rings. The number of fused-ring (bicyclic) bond motifs is 1. The van der Waals surface area contributed by atoms with E-state index in [2.05, 4.69) is 20.6 Å². The zero-order chi connectivity index (χ0) is 27.0. The van der Waals surface area contributed by atoms with Crippen molar-refractivity contribution in [3.8, 4) is 0 Å². The molecule has 13 heteroatoms. The number of amides is 1. The first-order valence-electron chi connectivity index (χ1n) is 12.6. The van der Waals surface area contributed by atoms with E-state index in [0.29, 0.717) is 55.4 Å². The van der Waals surface area contributed by atoms with Crippen LogP contribution < -0.4 is 16.4 Å². The molecule has 2 aromatic heterocycles. The van der Waals surface area contributed by atoms with E-state index in [9.17, 15) is 18.0 Å². The van der Waals surface area contributed by atoms with Crippen LogP contribution in [0.4, 0.5) is 30.8 Å². The zero-order valence-electron chi connectivity index (χ0n) is 20.8. The van der Waals surface area contributed by atoms with Gasteiger partial charge in [0.2, 0.25) is 17.8 Å². The van der Waals surface area contributed by atoms with Gasteiger partial charge in [0.25, 0.3) is 0 Å². The molecule has 3 heterocycles. The molecule has 2 atom stereocenters. The van der Waals surface area contributed by atoms with E-state index in [4.69, 9.17) is 27.1 Å². The van der Waals surface area contributed by atoms with Crippen molar-refractivity contribution in [2.24, 2.45) is 11.7 Å². The van der Waals surface area contributed by atoms with Crippen LogP contribution in [0.25, 0.3) is 11.2 Å². The summed E-state index contributed by atoms with van der Waals surface area (Å²) in [6.45, 7) is 2.67. The number of benzene rings is 1. The second-order valence-electron chi connectivity index (χ2n) is 10.0. The molecule has 1 aliphatic heterocycles. The number of hydrogen-bond donors (Lipinski definition) is 3. The molecule has 1 saturated carbocycles. The van der Waals surface area contributed by atoms with E-state index in [1.54, 1.807) is 6.20 Å². The average molecular weight is 552 g/mol. The molecule has 9 nitrogen and oxygen atoms in total. The molecule has 38 heavy (non-hydrogen) atoms. The van der Waals surface area contributed by atoms with Crippen molar-refractivity contribution in [3.05, 3.63) is 35.0 Å². The van der Waals surface area contributed by atoms with Crippen molar-refractivity contribution in [3.63, 3.8) is 0 Å². The first-order chi connectivity index (χ1) is 18.1. The smallest absolute Gasteiger partial charge is 0.378 e. The van der Waals surface area contributed by atoms with Gasteiger partial charge in [-0.2, -0.15) is 18.2 Å². The fraction of sp³-hybridized carbons (Fsp3) is 0.520. The number of imidazole rings is 1. The van der Waals surface area contributed by atoms with Gasteiger partial charge in [-0.05, 0) is 63.6 Å². The number of carbonyl (C=O) groups is 1. The SMILES string of the molecule is C[C@H]1C[C@@H](Nc2ncc3nc(Nc4cc(Cl)cc(C(F)(F)F)c4)n(C4CCC(C(N)=O)CC4)c3n2)CCO1. The first-order valence-corrected chi connectivity index (χ1v) is 13.0. The summed E-state index contributed by atoms with van der Waals surface area (Å²) in [5.41, 5.74) is 5.85. The van der Waals surface area contributed by atoms with Crippen LogP contribution in [0.5, 0.6) is 0 Å². The van der Waals surface area contributed by atoms with Crippen molar-refractivity contribution >= 4 is 46.3 Å². The summed E-state index contributed by atoms with van der Waals surface area (Å²) < 4.78 is 47.7. The van der Waals surface area contributed by atoms with Crippen LogP contribution >= 0.6 is 11.6 Å². The summed E-state index contributed by atoms with van der Waals surface area (Å²) in [6.07, 6.45) is 1.31. The lowest BCUT2D eigenvalue weighted by atomic mass is 9.85. The quantitative estimate of drug-likeness (QED) is 0.373. The van der Waals surface area contributed by atoms with Gasteiger partial charge in [0.15, 0.2) is 5.65 Å². The number of alkyl halides is 3. The Hall–Kier alpha value is -3.12. The van der Waals surface area contributed by atoms with Gasteiger partial charge in [0.05, 0.1) is 17.9 Å². The Morgan fingerprint density at radius 2 is 1.92 bits per heavy atom. The number of carbonyl (C=O) groups excluding carboxylic acids is 1. The summed E-state index contributed by atoms with van der Waals surface area (Å²) in [5.74, 6) is 0.235. The third-order valence-corrected chi connectivity index (χ3v) is 7.41. The molecule has 2 aliphatic rings. The number of aromatic nitrogens is 4. The Morgan fingerprint density at radius 3 is 2.61 bits per heavy atom. The Kier molecular flexibility index (Phi) is 7.36. The van der Waals surface area contributed by atoms with E-state index in [1.165, 1.54) is 6.07 Å². The second kappa shape index (κ2) is 10.6. The van der Waals surface area contributed by atoms with Crippen LogP contribution in [0.15, 0.2) is 24.4 Å². The normalized spacial score (nSPS) is 24.3. The minimum Gasteiger partial charge on any atom is -0.378 e. The van der Waals surface area contributed by atoms with Crippen molar-refractivity contribution in [1.82, 2.24) is 19.5 Å². The summed E-state index contributed by atoms with van der Waals surface area (Å²) >= 11 is 6.01. The van der Waals surface area contributed by atoms with E-state index in [1.807, 2.05) is 11.5 Å². The summed E-state index contributed by atoms with van der Waals surface area (Å²) in [7, 11) is 0. The third kappa shape index (κ3) is 5.80. The van der Waals surface area contributed by atoms with Gasteiger partial charge in [0, 0.05) is 35.3 Å². The van der Waals surface area contributed by atoms with E-state index in [-0.39, 0.29) is 40.7 Å². The maximum atomic E-state index is 13.4. The highest BCUT2D eigenvalue weighted by Gasteiger charge is 2.32. The van der Waals surface area contributed by atoms with Crippen LogP contribution in [-0.2, 0) is 15.7 Å². The highest BCUT2D eigenvalue weighted by molar-refractivity contribution is 6.31. The lowest BCUT2D eigenvalue weighted by molar-refractivity contribution is -0.137. The molecule has 5 rings (SSSR count). The molecule has 2 fully saturated rings. The molecule has 0 unspecified atom stereocenters. The topological polar surface area (TPSA) is 120 Å². The number of nitrogens with one attached hydrogen (secondary N) is 2. The molecule has 0 bridgehead atoms. The predicted octanol–water partition coefficient (Wildman–Crippen LogP) is 5.44. The molecular weight excluding hydrogens is 523 g/mol. The molecule has 204 valence electrons. The maximum absolute atomic E-state index is 13.4. The Bertz CT molecular complexity index is 1320. The highest BCUT2D eigenvalue weighted by atomic mass is 35.5. The summed E-state index contributed by atoms with van der Waals surface area (Å²) in [6, 6.07) is 3.34. The minimum absolute atomic E-state index is 0.0519. The van der Waals surface area contributed by atoms with Gasteiger partial charge in [-0.1, -0.05) is 11.6 Å². The Morgan fingerprint density at radius 1 is 1.16 bits per heavy atom. The van der Waals surface area contributed by atoms with Crippen molar-refractivity contribution < 1.29 is 22.7 Å². The van der Waals surface area contributed by atoms with Gasteiger partial charge < -0.3 is 21.1 Å².